The van der Waals surface area contributed by atoms with E-state index in [1.807, 2.05) is 11.5 Å². The van der Waals surface area contributed by atoms with Crippen LogP contribution >= 0.6 is 11.8 Å². The van der Waals surface area contributed by atoms with Gasteiger partial charge in [-0.1, -0.05) is 23.9 Å². The van der Waals surface area contributed by atoms with Crippen LogP contribution in [0, 0.1) is 6.08 Å². The van der Waals surface area contributed by atoms with Crippen LogP contribution in [-0.4, -0.2) is 5.12 Å². The Morgan fingerprint density at radius 1 is 1.50 bits per heavy atom. The molecule has 0 amide bonds. The first kappa shape index (κ1) is 4.61. The molecule has 0 saturated carbocycles. The molecule has 2 heterocycles. The summed E-state index contributed by atoms with van der Waals surface area (Å²) in [6, 6.07) is 0. The van der Waals surface area contributed by atoms with Gasteiger partial charge in [0, 0.05) is 6.08 Å². The molecule has 41 valence electrons. The summed E-state index contributed by atoms with van der Waals surface area (Å²) in [4.78, 5) is 9.21. The Morgan fingerprint density at radius 2 is 2.38 bits per heavy atom. The summed E-state index contributed by atoms with van der Waals surface area (Å²) in [6.07, 6.45) is 6.55. The van der Waals surface area contributed by atoms with Gasteiger partial charge in [0.25, 0.3) is 0 Å². The maximum Gasteiger partial charge on any atom is 0.309 e. The van der Waals surface area contributed by atoms with E-state index in [-0.39, 0.29) is 0 Å². The standard InChI is InChI=1S/C5H3O2S/c1-2-4-8-5(3-1)6-7-5/h1-2,4H. The normalized spacial score (nSPS) is 29.0. The van der Waals surface area contributed by atoms with Crippen molar-refractivity contribution in [3.05, 3.63) is 23.6 Å². The molecule has 8 heavy (non-hydrogen) atoms. The summed E-state index contributed by atoms with van der Waals surface area (Å²) in [5, 5.41) is 1.36. The van der Waals surface area contributed by atoms with Crippen molar-refractivity contribution in [3.8, 4) is 0 Å². The van der Waals surface area contributed by atoms with Crippen molar-refractivity contribution in [2.24, 2.45) is 0 Å². The van der Waals surface area contributed by atoms with Gasteiger partial charge in [0.05, 0.1) is 0 Å². The molecular formula is C5H3O2S. The van der Waals surface area contributed by atoms with E-state index in [1.54, 1.807) is 6.08 Å². The van der Waals surface area contributed by atoms with E-state index in [1.165, 1.54) is 11.8 Å². The highest BCUT2D eigenvalue weighted by atomic mass is 32.2. The molecule has 1 spiro atoms. The molecule has 0 atom stereocenters. The fourth-order valence-corrected chi connectivity index (χ4v) is 1.06. The maximum atomic E-state index is 4.61. The van der Waals surface area contributed by atoms with Crippen LogP contribution in [0.2, 0.25) is 0 Å². The van der Waals surface area contributed by atoms with Gasteiger partial charge in [-0.15, -0.1) is 0 Å². The van der Waals surface area contributed by atoms with Gasteiger partial charge in [0.2, 0.25) is 0 Å². The summed E-state index contributed by atoms with van der Waals surface area (Å²) in [5.41, 5.74) is 0. The molecule has 2 rings (SSSR count). The van der Waals surface area contributed by atoms with Crippen molar-refractivity contribution in [3.63, 3.8) is 0 Å². The lowest BCUT2D eigenvalue weighted by Crippen LogP contribution is -1.98. The van der Waals surface area contributed by atoms with Gasteiger partial charge in [-0.25, -0.2) is 0 Å². The summed E-state index contributed by atoms with van der Waals surface area (Å²) in [5.74, 6) is 0. The van der Waals surface area contributed by atoms with Gasteiger partial charge in [-0.2, -0.15) is 9.78 Å². The predicted molar refractivity (Wildman–Crippen MR) is 29.4 cm³/mol. The van der Waals surface area contributed by atoms with Crippen LogP contribution in [0.1, 0.15) is 0 Å². The molecule has 2 aliphatic heterocycles. The zero-order valence-corrected chi connectivity index (χ0v) is 4.77. The number of hydrogen-bond donors (Lipinski definition) is 0. The smallest absolute Gasteiger partial charge is 0.176 e. The molecule has 0 N–H and O–H groups in total. The van der Waals surface area contributed by atoms with Crippen LogP contribution < -0.4 is 0 Å². The number of hydrogen-bond acceptors (Lipinski definition) is 3. The second-order valence-corrected chi connectivity index (χ2v) is 2.53. The minimum absolute atomic E-state index is 0.547. The van der Waals surface area contributed by atoms with Crippen LogP contribution in [-0.2, 0) is 9.78 Å². The molecule has 0 aromatic heterocycles. The van der Waals surface area contributed by atoms with Crippen LogP contribution in [0.25, 0.3) is 0 Å². The highest BCUT2D eigenvalue weighted by molar-refractivity contribution is 8.03. The average molecular weight is 127 g/mol. The van der Waals surface area contributed by atoms with Crippen molar-refractivity contribution >= 4 is 11.8 Å². The average Bonchev–Trinajstić information content (AvgIpc) is 2.52. The van der Waals surface area contributed by atoms with Crippen molar-refractivity contribution in [2.75, 3.05) is 0 Å². The van der Waals surface area contributed by atoms with Crippen LogP contribution in [0.15, 0.2) is 17.6 Å². The van der Waals surface area contributed by atoms with E-state index in [9.17, 15) is 0 Å². The summed E-state index contributed by atoms with van der Waals surface area (Å²) < 4.78 is 0. The zero-order chi connectivity index (χ0) is 5.45. The molecule has 1 saturated heterocycles. The fraction of sp³-hybridized carbons (Fsp3) is 0.200. The minimum Gasteiger partial charge on any atom is -0.176 e. The van der Waals surface area contributed by atoms with Crippen molar-refractivity contribution in [1.82, 2.24) is 0 Å². The van der Waals surface area contributed by atoms with E-state index in [0.717, 1.165) is 0 Å². The van der Waals surface area contributed by atoms with Crippen molar-refractivity contribution in [1.29, 1.82) is 0 Å². The first-order valence-corrected chi connectivity index (χ1v) is 3.10. The topological polar surface area (TPSA) is 25.1 Å². The van der Waals surface area contributed by atoms with Gasteiger partial charge in [-0.05, 0) is 5.41 Å². The predicted octanol–water partition coefficient (Wildman–Crippen LogP) is 1.22. The van der Waals surface area contributed by atoms with E-state index in [2.05, 4.69) is 15.9 Å². The molecule has 0 bridgehead atoms. The lowest BCUT2D eigenvalue weighted by Gasteiger charge is -1.96. The molecule has 3 heteroatoms. The first-order valence-electron chi connectivity index (χ1n) is 2.22. The third kappa shape index (κ3) is 0.596. The lowest BCUT2D eigenvalue weighted by atomic mass is 10.5. The third-order valence-electron chi connectivity index (χ3n) is 0.893. The zero-order valence-electron chi connectivity index (χ0n) is 3.96. The fourth-order valence-electron chi connectivity index (χ4n) is 0.478. The Morgan fingerprint density at radius 3 is 2.75 bits per heavy atom. The molecule has 1 radical (unpaired) electrons. The Balaban J connectivity index is 2.20. The molecule has 1 fully saturated rings. The molecule has 0 aromatic carbocycles. The van der Waals surface area contributed by atoms with E-state index < -0.39 is 5.12 Å². The van der Waals surface area contributed by atoms with E-state index in [4.69, 9.17) is 0 Å². The van der Waals surface area contributed by atoms with Crippen molar-refractivity contribution in [2.45, 2.75) is 5.12 Å². The molecule has 2 aliphatic rings. The monoisotopic (exact) mass is 127 g/mol. The van der Waals surface area contributed by atoms with Gasteiger partial charge in [-0.3, -0.25) is 0 Å². The van der Waals surface area contributed by atoms with Gasteiger partial charge < -0.3 is 0 Å². The largest absolute Gasteiger partial charge is 0.309 e. The minimum atomic E-state index is -0.547. The molecule has 0 unspecified atom stereocenters. The van der Waals surface area contributed by atoms with Gasteiger partial charge >= 0.3 is 5.12 Å². The highest BCUT2D eigenvalue weighted by Crippen LogP contribution is 2.44. The second kappa shape index (κ2) is 1.37. The summed E-state index contributed by atoms with van der Waals surface area (Å²) in [6.45, 7) is 0. The highest BCUT2D eigenvalue weighted by Gasteiger charge is 2.48. The quantitative estimate of drug-likeness (QED) is 0.361. The van der Waals surface area contributed by atoms with E-state index >= 15 is 0 Å². The molecular weight excluding hydrogens is 124 g/mol. The molecule has 2 nitrogen and oxygen atoms in total. The molecule has 0 aliphatic carbocycles. The Bertz CT molecular complexity index is 158. The van der Waals surface area contributed by atoms with Gasteiger partial charge in [0.1, 0.15) is 0 Å². The SMILES string of the molecule is [C]1=CC=CSC12OO2. The Hall–Kier alpha value is -0.250. The van der Waals surface area contributed by atoms with Crippen LogP contribution in [0.5, 0.6) is 0 Å². The maximum absolute atomic E-state index is 4.61. The van der Waals surface area contributed by atoms with Gasteiger partial charge in [0.15, 0.2) is 0 Å². The summed E-state index contributed by atoms with van der Waals surface area (Å²) in [7, 11) is 0. The first-order chi connectivity index (χ1) is 3.91. The summed E-state index contributed by atoms with van der Waals surface area (Å²) >= 11 is 1.46. The number of rotatable bonds is 0. The van der Waals surface area contributed by atoms with Crippen LogP contribution in [0.4, 0.5) is 0 Å². The second-order valence-electron chi connectivity index (χ2n) is 1.48. The molecule has 0 aromatic rings. The van der Waals surface area contributed by atoms with Crippen LogP contribution in [0.3, 0.4) is 0 Å². The lowest BCUT2D eigenvalue weighted by molar-refractivity contribution is 0.0850. The van der Waals surface area contributed by atoms with E-state index in [0.29, 0.717) is 0 Å². The number of allylic oxidation sites excluding steroid dienone is 2. The Labute approximate surface area is 51.1 Å². The Kier molecular flexibility index (Phi) is 0.791. The number of thioether (sulfide) groups is 1. The third-order valence-corrected chi connectivity index (χ3v) is 1.75. The van der Waals surface area contributed by atoms with Crippen molar-refractivity contribution < 1.29 is 9.78 Å².